The minimum atomic E-state index is -2.06. The molecule has 1 fully saturated rings. The normalized spacial score (nSPS) is 19.0. The van der Waals surface area contributed by atoms with Crippen molar-refractivity contribution in [2.75, 3.05) is 18.0 Å². The van der Waals surface area contributed by atoms with Crippen LogP contribution < -0.4 is 10.6 Å². The van der Waals surface area contributed by atoms with Crippen molar-refractivity contribution in [2.24, 2.45) is 5.73 Å². The monoisotopic (exact) mass is 390 g/mol. The first-order chi connectivity index (χ1) is 12.8. The number of allylic oxidation sites excluding steroid dienone is 1. The van der Waals surface area contributed by atoms with Crippen LogP contribution in [-0.2, 0) is 11.3 Å². The third kappa shape index (κ3) is 3.59. The Morgan fingerprint density at radius 3 is 2.81 bits per heavy atom. The average Bonchev–Trinajstić information content (AvgIpc) is 2.93. The Labute approximate surface area is 161 Å². The van der Waals surface area contributed by atoms with E-state index in [4.69, 9.17) is 5.73 Å². The van der Waals surface area contributed by atoms with Gasteiger partial charge < -0.3 is 15.6 Å². The number of piperidine rings is 1. The Kier molecular flexibility index (Phi) is 5.57. The summed E-state index contributed by atoms with van der Waals surface area (Å²) in [4.78, 5) is 17.3. The van der Waals surface area contributed by atoms with E-state index >= 15 is 0 Å². The summed E-state index contributed by atoms with van der Waals surface area (Å²) in [5.74, 6) is -0.459. The molecule has 3 rings (SSSR count). The molecule has 7 nitrogen and oxygen atoms in total. The number of aromatic nitrogens is 1. The lowest BCUT2D eigenvalue weighted by atomic mass is 10.0. The van der Waals surface area contributed by atoms with Crippen LogP contribution in [0.2, 0.25) is 0 Å². The number of nitrogens with two attached hydrogens (primary N) is 1. The maximum Gasteiger partial charge on any atom is 0.261 e. The van der Waals surface area contributed by atoms with Gasteiger partial charge in [0.2, 0.25) is 0 Å². The number of aromatic amines is 1. The van der Waals surface area contributed by atoms with Crippen LogP contribution in [0.5, 0.6) is 0 Å². The van der Waals surface area contributed by atoms with Crippen LogP contribution in [0.15, 0.2) is 24.4 Å². The van der Waals surface area contributed by atoms with Crippen molar-refractivity contribution in [1.82, 2.24) is 9.29 Å². The highest BCUT2D eigenvalue weighted by molar-refractivity contribution is 7.76. The highest BCUT2D eigenvalue weighted by Crippen LogP contribution is 2.35. The molecule has 8 heteroatoms. The quantitative estimate of drug-likeness (QED) is 0.683. The van der Waals surface area contributed by atoms with Gasteiger partial charge in [-0.05, 0) is 51.3 Å². The minimum absolute atomic E-state index is 0.0630. The summed E-state index contributed by atoms with van der Waals surface area (Å²) < 4.78 is 22.9. The molecule has 1 amide bonds. The zero-order valence-corrected chi connectivity index (χ0v) is 16.7. The van der Waals surface area contributed by atoms with Gasteiger partial charge in [-0.1, -0.05) is 6.08 Å². The molecule has 0 radical (unpaired) electrons. The van der Waals surface area contributed by atoms with E-state index in [0.717, 1.165) is 47.2 Å². The number of aryl methyl sites for hydroxylation is 2. The largest absolute Gasteiger partial charge is 0.369 e. The molecule has 1 aromatic carbocycles. The van der Waals surface area contributed by atoms with Gasteiger partial charge in [-0.2, -0.15) is 0 Å². The zero-order valence-electron chi connectivity index (χ0n) is 15.9. The van der Waals surface area contributed by atoms with Crippen molar-refractivity contribution in [3.63, 3.8) is 0 Å². The molecule has 0 aliphatic carbocycles. The first-order valence-corrected chi connectivity index (χ1v) is 10.1. The summed E-state index contributed by atoms with van der Waals surface area (Å²) >= 11 is -2.06. The van der Waals surface area contributed by atoms with Gasteiger partial charge in [-0.15, -0.1) is 0 Å². The summed E-state index contributed by atoms with van der Waals surface area (Å²) in [6.07, 6.45) is 5.20. The van der Waals surface area contributed by atoms with Crippen LogP contribution in [0.25, 0.3) is 10.9 Å². The van der Waals surface area contributed by atoms with Crippen LogP contribution in [0, 0.1) is 13.8 Å². The van der Waals surface area contributed by atoms with Gasteiger partial charge in [0, 0.05) is 36.1 Å². The minimum Gasteiger partial charge on any atom is -0.369 e. The number of nitrogens with zero attached hydrogens (tertiary/aromatic N) is 2. The van der Waals surface area contributed by atoms with E-state index in [1.54, 1.807) is 18.3 Å². The number of nitrogens with one attached hydrogen (secondary N) is 1. The van der Waals surface area contributed by atoms with Gasteiger partial charge in [0.25, 0.3) is 17.2 Å². The third-order valence-corrected chi connectivity index (χ3v) is 6.05. The molecule has 1 saturated heterocycles. The van der Waals surface area contributed by atoms with Crippen molar-refractivity contribution in [3.05, 3.63) is 41.2 Å². The Balaban J connectivity index is 2.03. The Bertz CT molecular complexity index is 921. The molecule has 0 spiro atoms. The van der Waals surface area contributed by atoms with Crippen LogP contribution in [0.4, 0.5) is 5.69 Å². The topological polar surface area (TPSA) is 103 Å². The molecule has 1 aliphatic heterocycles. The van der Waals surface area contributed by atoms with Crippen LogP contribution in [-0.4, -0.2) is 43.1 Å². The van der Waals surface area contributed by atoms with Crippen LogP contribution >= 0.6 is 0 Å². The SMILES string of the molecule is CC=CN(C1CCCN(c2ccc(C(N)=O)c3[nH]c(C)c(C)c23)C1)S(=O)O. The summed E-state index contributed by atoms with van der Waals surface area (Å²) in [6, 6.07) is 3.63. The lowest BCUT2D eigenvalue weighted by Gasteiger charge is -2.38. The van der Waals surface area contributed by atoms with Gasteiger partial charge in [0.15, 0.2) is 0 Å². The number of carbonyl (C=O) groups is 1. The first-order valence-electron chi connectivity index (χ1n) is 9.03. The fourth-order valence-corrected chi connectivity index (χ4v) is 4.52. The van der Waals surface area contributed by atoms with E-state index in [9.17, 15) is 13.6 Å². The molecule has 2 unspecified atom stereocenters. The third-order valence-electron chi connectivity index (χ3n) is 5.27. The molecule has 27 heavy (non-hydrogen) atoms. The van der Waals surface area contributed by atoms with E-state index in [2.05, 4.69) is 9.88 Å². The lowest BCUT2D eigenvalue weighted by Crippen LogP contribution is -2.46. The number of benzene rings is 1. The van der Waals surface area contributed by atoms with Crippen molar-refractivity contribution in [2.45, 2.75) is 39.7 Å². The molecule has 1 aliphatic rings. The number of hydrogen-bond donors (Lipinski definition) is 3. The molecule has 4 N–H and O–H groups in total. The predicted molar refractivity (Wildman–Crippen MR) is 109 cm³/mol. The Morgan fingerprint density at radius 1 is 1.44 bits per heavy atom. The highest BCUT2D eigenvalue weighted by Gasteiger charge is 2.28. The van der Waals surface area contributed by atoms with Crippen LogP contribution in [0.3, 0.4) is 0 Å². The molecule has 2 heterocycles. The molecule has 0 saturated carbocycles. The summed E-state index contributed by atoms with van der Waals surface area (Å²) in [5, 5.41) is 0.993. The van der Waals surface area contributed by atoms with E-state index in [-0.39, 0.29) is 6.04 Å². The predicted octanol–water partition coefficient (Wildman–Crippen LogP) is 2.82. The standard InChI is InChI=1S/C19H26N4O3S/c1-4-9-23(27(25)26)14-6-5-10-22(11-14)16-8-7-15(19(20)24)18-17(16)12(2)13(3)21-18/h4,7-9,14,21H,5-6,10-11H2,1-3H3,(H2,20,24)(H,25,26). The van der Waals surface area contributed by atoms with E-state index in [1.165, 1.54) is 4.31 Å². The molecule has 2 atom stereocenters. The van der Waals surface area contributed by atoms with Crippen molar-refractivity contribution in [1.29, 1.82) is 0 Å². The Hall–Kier alpha value is -2.32. The van der Waals surface area contributed by atoms with E-state index < -0.39 is 17.2 Å². The average molecular weight is 391 g/mol. The summed E-state index contributed by atoms with van der Waals surface area (Å²) in [6.45, 7) is 7.32. The van der Waals surface area contributed by atoms with Crippen LogP contribution in [0.1, 0.15) is 41.4 Å². The number of rotatable bonds is 5. The second-order valence-electron chi connectivity index (χ2n) is 6.94. The number of anilines is 1. The van der Waals surface area contributed by atoms with Crippen molar-refractivity contribution < 1.29 is 13.6 Å². The van der Waals surface area contributed by atoms with Gasteiger partial charge in [-0.25, -0.2) is 4.21 Å². The van der Waals surface area contributed by atoms with Crippen molar-refractivity contribution in [3.8, 4) is 0 Å². The number of primary amides is 1. The lowest BCUT2D eigenvalue weighted by molar-refractivity contribution is 0.100. The number of hydrogen-bond acceptors (Lipinski definition) is 3. The number of amides is 1. The van der Waals surface area contributed by atoms with Gasteiger partial charge >= 0.3 is 0 Å². The summed E-state index contributed by atoms with van der Waals surface area (Å²) in [5.41, 5.74) is 9.89. The zero-order chi connectivity index (χ0) is 19.7. The highest BCUT2D eigenvalue weighted by atomic mass is 32.2. The smallest absolute Gasteiger partial charge is 0.261 e. The Morgan fingerprint density at radius 2 is 2.19 bits per heavy atom. The van der Waals surface area contributed by atoms with Gasteiger partial charge in [0.1, 0.15) is 0 Å². The molecular formula is C19H26N4O3S. The molecule has 146 valence electrons. The van der Waals surface area contributed by atoms with Gasteiger partial charge in [-0.3, -0.25) is 13.7 Å². The fourth-order valence-electron chi connectivity index (χ4n) is 3.87. The second-order valence-corrected chi connectivity index (χ2v) is 7.82. The van der Waals surface area contributed by atoms with Crippen molar-refractivity contribution >= 4 is 33.8 Å². The first kappa shape index (κ1) is 19.4. The summed E-state index contributed by atoms with van der Waals surface area (Å²) in [7, 11) is 0. The molecule has 0 bridgehead atoms. The number of H-pyrrole nitrogens is 1. The second kappa shape index (κ2) is 7.74. The van der Waals surface area contributed by atoms with E-state index in [1.807, 2.05) is 26.8 Å². The number of carbonyl (C=O) groups excluding carboxylic acids is 1. The molecular weight excluding hydrogens is 364 g/mol. The number of fused-ring (bicyclic) bond motifs is 1. The van der Waals surface area contributed by atoms with E-state index in [0.29, 0.717) is 12.1 Å². The fraction of sp³-hybridized carbons (Fsp3) is 0.421. The molecule has 2 aromatic rings. The maximum absolute atomic E-state index is 11.8. The molecule has 1 aromatic heterocycles. The van der Waals surface area contributed by atoms with Gasteiger partial charge in [0.05, 0.1) is 17.1 Å². The maximum atomic E-state index is 11.8.